The third-order valence-corrected chi connectivity index (χ3v) is 9.47. The number of carbonyl (C=O) groups is 5. The van der Waals surface area contributed by atoms with Crippen molar-refractivity contribution in [2.24, 2.45) is 29.1 Å². The highest BCUT2D eigenvalue weighted by Crippen LogP contribution is 2.63. The molecule has 10 heteroatoms. The van der Waals surface area contributed by atoms with Crippen LogP contribution in [0, 0.1) is 29.1 Å². The van der Waals surface area contributed by atoms with E-state index in [1.807, 2.05) is 6.08 Å². The monoisotopic (exact) mass is 558 g/mol. The Balaban J connectivity index is 1.48. The van der Waals surface area contributed by atoms with Crippen LogP contribution < -0.4 is 9.64 Å². The number of likely N-dealkylation sites (tertiary alicyclic amines) is 1. The zero-order valence-corrected chi connectivity index (χ0v) is 22.6. The van der Waals surface area contributed by atoms with Gasteiger partial charge in [0.1, 0.15) is 0 Å². The second-order valence-electron chi connectivity index (χ2n) is 11.4. The second kappa shape index (κ2) is 9.57. The van der Waals surface area contributed by atoms with Crippen molar-refractivity contribution >= 4 is 35.3 Å². The number of phenolic OH excluding ortho intramolecular Hbond substituents is 1. The fourth-order valence-electron chi connectivity index (χ4n) is 7.60. The van der Waals surface area contributed by atoms with Crippen molar-refractivity contribution in [3.8, 4) is 11.5 Å². The average Bonchev–Trinajstić information content (AvgIpc) is 3.31. The molecule has 2 aliphatic heterocycles. The number of allylic oxidation sites excluding steroid dienone is 2. The van der Waals surface area contributed by atoms with Crippen LogP contribution in [0.4, 0.5) is 5.69 Å². The predicted molar refractivity (Wildman–Crippen MR) is 145 cm³/mol. The summed E-state index contributed by atoms with van der Waals surface area (Å²) in [6.07, 6.45) is 2.01. The van der Waals surface area contributed by atoms with E-state index < -0.39 is 52.8 Å². The Hall–Kier alpha value is -4.47. The van der Waals surface area contributed by atoms with Crippen molar-refractivity contribution in [3.63, 3.8) is 0 Å². The number of methoxy groups -OCH3 is 1. The van der Waals surface area contributed by atoms with E-state index in [0.29, 0.717) is 11.3 Å². The molecule has 2 aliphatic carbocycles. The molecule has 3 fully saturated rings. The number of rotatable bonds is 6. The average molecular weight is 559 g/mol. The van der Waals surface area contributed by atoms with Gasteiger partial charge in [-0.3, -0.25) is 28.9 Å². The number of phenols is 1. The summed E-state index contributed by atoms with van der Waals surface area (Å²) in [6.45, 7) is 1.56. The molecule has 0 unspecified atom stereocenters. The summed E-state index contributed by atoms with van der Waals surface area (Å²) in [5.74, 6) is -5.92. The molecular formula is C31H30N2O8. The molecule has 6 atom stereocenters. The van der Waals surface area contributed by atoms with Gasteiger partial charge in [-0.15, -0.1) is 0 Å². The Morgan fingerprint density at radius 2 is 1.76 bits per heavy atom. The van der Waals surface area contributed by atoms with Crippen LogP contribution in [0.2, 0.25) is 0 Å². The van der Waals surface area contributed by atoms with E-state index in [1.54, 1.807) is 49.4 Å². The molecule has 2 aromatic carbocycles. The van der Waals surface area contributed by atoms with Gasteiger partial charge in [0.25, 0.3) is 0 Å². The third-order valence-electron chi connectivity index (χ3n) is 9.47. The highest BCUT2D eigenvalue weighted by molar-refractivity contribution is 6.24. The zero-order chi connectivity index (χ0) is 29.2. The van der Waals surface area contributed by atoms with Crippen LogP contribution in [0.25, 0.3) is 0 Å². The number of hydrogen-bond acceptors (Lipinski definition) is 7. The van der Waals surface area contributed by atoms with Gasteiger partial charge < -0.3 is 14.9 Å². The quantitative estimate of drug-likeness (QED) is 0.407. The van der Waals surface area contributed by atoms with Crippen molar-refractivity contribution in [2.75, 3.05) is 18.6 Å². The molecule has 6 rings (SSSR count). The Labute approximate surface area is 236 Å². The zero-order valence-electron chi connectivity index (χ0n) is 22.6. The number of benzene rings is 2. The highest BCUT2D eigenvalue weighted by atomic mass is 16.5. The predicted octanol–water partition coefficient (Wildman–Crippen LogP) is 3.11. The van der Waals surface area contributed by atoms with Crippen LogP contribution >= 0.6 is 0 Å². The minimum absolute atomic E-state index is 0.120. The van der Waals surface area contributed by atoms with Crippen molar-refractivity contribution < 1.29 is 38.9 Å². The van der Waals surface area contributed by atoms with E-state index in [4.69, 9.17) is 9.84 Å². The molecular weight excluding hydrogens is 528 g/mol. The van der Waals surface area contributed by atoms with Crippen LogP contribution in [0.15, 0.2) is 60.2 Å². The third kappa shape index (κ3) is 3.80. The van der Waals surface area contributed by atoms with E-state index >= 15 is 0 Å². The first-order valence-electron chi connectivity index (χ1n) is 13.7. The SMILES string of the molecule is COc1ccc([C@H]2C3=CC[C@@H]4C(=O)N(CCC(=O)O)C(=O)[C@@H]4[C@@H]3C[C@H]3C(=O)N(c4ccccc4)C(=O)[C@@]23C)cc1O. The molecule has 212 valence electrons. The van der Waals surface area contributed by atoms with Gasteiger partial charge >= 0.3 is 5.97 Å². The van der Waals surface area contributed by atoms with E-state index in [-0.39, 0.29) is 49.1 Å². The van der Waals surface area contributed by atoms with E-state index in [2.05, 4.69) is 0 Å². The lowest BCUT2D eigenvalue weighted by Crippen LogP contribution is -2.48. The van der Waals surface area contributed by atoms with E-state index in [1.165, 1.54) is 18.1 Å². The number of fused-ring (bicyclic) bond motifs is 4. The van der Waals surface area contributed by atoms with Gasteiger partial charge in [-0.25, -0.2) is 4.90 Å². The van der Waals surface area contributed by atoms with Gasteiger partial charge in [0, 0.05) is 12.5 Å². The minimum Gasteiger partial charge on any atom is -0.504 e. The molecule has 2 heterocycles. The van der Waals surface area contributed by atoms with Crippen LogP contribution in [0.5, 0.6) is 11.5 Å². The summed E-state index contributed by atoms with van der Waals surface area (Å²) in [4.78, 5) is 68.7. The van der Waals surface area contributed by atoms with Crippen LogP contribution in [-0.4, -0.2) is 58.4 Å². The molecule has 0 spiro atoms. The number of carbonyl (C=O) groups excluding carboxylic acids is 4. The summed E-state index contributed by atoms with van der Waals surface area (Å²) >= 11 is 0. The number of carboxylic acid groups (broad SMARTS) is 1. The summed E-state index contributed by atoms with van der Waals surface area (Å²) in [5.41, 5.74) is 0.612. The van der Waals surface area contributed by atoms with Crippen LogP contribution in [0.3, 0.4) is 0 Å². The lowest BCUT2D eigenvalue weighted by Gasteiger charge is -2.49. The summed E-state index contributed by atoms with van der Waals surface area (Å²) < 4.78 is 5.23. The fourth-order valence-corrected chi connectivity index (χ4v) is 7.60. The van der Waals surface area contributed by atoms with Gasteiger partial charge in [0.05, 0.1) is 42.4 Å². The van der Waals surface area contributed by atoms with Gasteiger partial charge in [-0.2, -0.15) is 0 Å². The molecule has 4 amide bonds. The number of ether oxygens (including phenoxy) is 1. The van der Waals surface area contributed by atoms with Crippen molar-refractivity contribution in [3.05, 3.63) is 65.7 Å². The summed E-state index contributed by atoms with van der Waals surface area (Å²) in [7, 11) is 1.43. The lowest BCUT2D eigenvalue weighted by molar-refractivity contribution is -0.142. The molecule has 2 saturated heterocycles. The smallest absolute Gasteiger partial charge is 0.305 e. The largest absolute Gasteiger partial charge is 0.504 e. The summed E-state index contributed by atoms with van der Waals surface area (Å²) in [6, 6.07) is 13.6. The molecule has 1 saturated carbocycles. The maximum atomic E-state index is 14.3. The van der Waals surface area contributed by atoms with Gasteiger partial charge in [0.15, 0.2) is 11.5 Å². The molecule has 0 radical (unpaired) electrons. The fraction of sp³-hybridized carbons (Fsp3) is 0.387. The van der Waals surface area contributed by atoms with E-state index in [0.717, 1.165) is 10.5 Å². The maximum absolute atomic E-state index is 14.3. The molecule has 2 N–H and O–H groups in total. The summed E-state index contributed by atoms with van der Waals surface area (Å²) in [5, 5.41) is 19.8. The lowest BCUT2D eigenvalue weighted by atomic mass is 9.51. The van der Waals surface area contributed by atoms with E-state index in [9.17, 15) is 29.1 Å². The van der Waals surface area contributed by atoms with Gasteiger partial charge in [-0.1, -0.05) is 35.9 Å². The number of imide groups is 2. The van der Waals surface area contributed by atoms with Crippen LogP contribution in [-0.2, 0) is 24.0 Å². The number of amides is 4. The number of para-hydroxylation sites is 1. The van der Waals surface area contributed by atoms with Gasteiger partial charge in [0.2, 0.25) is 23.6 Å². The number of aliphatic carboxylic acids is 1. The maximum Gasteiger partial charge on any atom is 0.305 e. The molecule has 10 nitrogen and oxygen atoms in total. The molecule has 2 aromatic rings. The van der Waals surface area contributed by atoms with Crippen molar-refractivity contribution in [1.29, 1.82) is 0 Å². The number of carboxylic acids is 1. The van der Waals surface area contributed by atoms with Crippen LogP contribution in [0.1, 0.15) is 37.7 Å². The standard InChI is InChI=1S/C31H30N2O8/c1-31-21(28(38)33(30(31)40)17-6-4-3-5-7-17)15-20-18(26(31)16-8-11-23(41-2)22(34)14-16)9-10-19-25(20)29(39)32(27(19)37)13-12-24(35)36/h3-9,11,14,19-21,25-26,34H,10,12-13,15H2,1-2H3,(H,35,36)/t19-,20+,21-,25-,26-,31+/m0/s1. The normalized spacial score (nSPS) is 30.6. The Morgan fingerprint density at radius 3 is 2.41 bits per heavy atom. The number of nitrogens with zero attached hydrogens (tertiary/aromatic N) is 2. The number of anilines is 1. The first kappa shape index (κ1) is 26.7. The second-order valence-corrected chi connectivity index (χ2v) is 11.4. The Bertz CT molecular complexity index is 1520. The number of aromatic hydroxyl groups is 1. The Kier molecular flexibility index (Phi) is 6.24. The molecule has 41 heavy (non-hydrogen) atoms. The van der Waals surface area contributed by atoms with Gasteiger partial charge in [-0.05, 0) is 55.5 Å². The first-order chi connectivity index (χ1) is 19.6. The Morgan fingerprint density at radius 1 is 1.02 bits per heavy atom. The molecule has 0 aromatic heterocycles. The first-order valence-corrected chi connectivity index (χ1v) is 13.7. The minimum atomic E-state index is -1.22. The van der Waals surface area contributed by atoms with Crippen molar-refractivity contribution in [2.45, 2.75) is 32.1 Å². The topological polar surface area (TPSA) is 142 Å². The molecule has 4 aliphatic rings. The number of hydrogen-bond donors (Lipinski definition) is 2. The molecule has 0 bridgehead atoms. The van der Waals surface area contributed by atoms with Crippen molar-refractivity contribution in [1.82, 2.24) is 4.90 Å². The highest BCUT2D eigenvalue weighted by Gasteiger charge is 2.67.